The van der Waals surface area contributed by atoms with Gasteiger partial charge in [-0.3, -0.25) is 9.36 Å². The van der Waals surface area contributed by atoms with Crippen LogP contribution in [0, 0.1) is 5.82 Å². The Kier molecular flexibility index (Phi) is 3.56. The van der Waals surface area contributed by atoms with Gasteiger partial charge in [0.05, 0.1) is 5.69 Å². The van der Waals surface area contributed by atoms with Crippen LogP contribution < -0.4 is 10.5 Å². The molecule has 2 aromatic rings. The Labute approximate surface area is 114 Å². The number of benzene rings is 1. The molecule has 0 bridgehead atoms. The van der Waals surface area contributed by atoms with Crippen molar-refractivity contribution in [3.05, 3.63) is 58.3 Å². The summed E-state index contributed by atoms with van der Waals surface area (Å²) < 4.78 is 14.1. The van der Waals surface area contributed by atoms with Crippen LogP contribution in [-0.4, -0.2) is 29.7 Å². The SMILES string of the molecule is CN(C)c1cc(C(=O)O)c(=O)n(-c2ccc(F)cc2)c1. The van der Waals surface area contributed by atoms with Crippen molar-refractivity contribution in [1.29, 1.82) is 0 Å². The highest BCUT2D eigenvalue weighted by Crippen LogP contribution is 2.15. The van der Waals surface area contributed by atoms with Gasteiger partial charge in [0.25, 0.3) is 5.56 Å². The van der Waals surface area contributed by atoms with Crippen molar-refractivity contribution in [1.82, 2.24) is 4.57 Å². The van der Waals surface area contributed by atoms with E-state index in [1.165, 1.54) is 41.1 Å². The minimum Gasteiger partial charge on any atom is -0.477 e. The van der Waals surface area contributed by atoms with Gasteiger partial charge in [0.15, 0.2) is 0 Å². The number of hydrogen-bond donors (Lipinski definition) is 1. The van der Waals surface area contributed by atoms with Gasteiger partial charge in [0.2, 0.25) is 0 Å². The molecule has 0 aliphatic carbocycles. The molecular formula is C14H13FN2O3. The van der Waals surface area contributed by atoms with Crippen molar-refractivity contribution < 1.29 is 14.3 Å². The third kappa shape index (κ3) is 2.54. The molecule has 20 heavy (non-hydrogen) atoms. The number of carbonyl (C=O) groups is 1. The second-order valence-electron chi connectivity index (χ2n) is 4.46. The van der Waals surface area contributed by atoms with Crippen molar-refractivity contribution in [2.45, 2.75) is 0 Å². The summed E-state index contributed by atoms with van der Waals surface area (Å²) in [4.78, 5) is 25.0. The van der Waals surface area contributed by atoms with E-state index in [0.717, 1.165) is 0 Å². The van der Waals surface area contributed by atoms with Gasteiger partial charge in [0, 0.05) is 26.0 Å². The van der Waals surface area contributed by atoms with Crippen LogP contribution in [0.2, 0.25) is 0 Å². The van der Waals surface area contributed by atoms with E-state index in [9.17, 15) is 14.0 Å². The van der Waals surface area contributed by atoms with Crippen molar-refractivity contribution in [3.63, 3.8) is 0 Å². The topological polar surface area (TPSA) is 62.5 Å². The zero-order valence-corrected chi connectivity index (χ0v) is 11.0. The fourth-order valence-electron chi connectivity index (χ4n) is 1.76. The Bertz CT molecular complexity index is 705. The smallest absolute Gasteiger partial charge is 0.341 e. The van der Waals surface area contributed by atoms with E-state index < -0.39 is 17.3 Å². The van der Waals surface area contributed by atoms with Crippen molar-refractivity contribution >= 4 is 11.7 Å². The molecule has 1 N–H and O–H groups in total. The second-order valence-corrected chi connectivity index (χ2v) is 4.46. The predicted molar refractivity (Wildman–Crippen MR) is 73.3 cm³/mol. The first-order valence-electron chi connectivity index (χ1n) is 5.83. The minimum absolute atomic E-state index is 0.333. The molecule has 2 rings (SSSR count). The number of pyridine rings is 1. The highest BCUT2D eigenvalue weighted by molar-refractivity contribution is 5.88. The average molecular weight is 276 g/mol. The highest BCUT2D eigenvalue weighted by atomic mass is 19.1. The summed E-state index contributed by atoms with van der Waals surface area (Å²) in [5.74, 6) is -1.72. The standard InChI is InChI=1S/C14H13FN2O3/c1-16(2)11-7-12(14(19)20)13(18)17(8-11)10-5-3-9(15)4-6-10/h3-8H,1-2H3,(H,19,20). The van der Waals surface area contributed by atoms with Gasteiger partial charge in [0.1, 0.15) is 11.4 Å². The lowest BCUT2D eigenvalue weighted by atomic mass is 10.2. The van der Waals surface area contributed by atoms with Gasteiger partial charge >= 0.3 is 5.97 Å². The molecule has 0 unspecified atom stereocenters. The molecular weight excluding hydrogens is 263 g/mol. The Morgan fingerprint density at radius 1 is 1.25 bits per heavy atom. The molecule has 1 aromatic carbocycles. The summed E-state index contributed by atoms with van der Waals surface area (Å²) in [6.45, 7) is 0. The third-order valence-electron chi connectivity index (χ3n) is 2.85. The van der Waals surface area contributed by atoms with E-state index in [4.69, 9.17) is 5.11 Å². The molecule has 5 nitrogen and oxygen atoms in total. The van der Waals surface area contributed by atoms with Gasteiger partial charge in [-0.1, -0.05) is 0 Å². The molecule has 0 saturated carbocycles. The molecule has 0 aliphatic rings. The van der Waals surface area contributed by atoms with Gasteiger partial charge < -0.3 is 10.0 Å². The van der Waals surface area contributed by atoms with Crippen molar-refractivity contribution in [2.75, 3.05) is 19.0 Å². The lowest BCUT2D eigenvalue weighted by Gasteiger charge is -2.16. The molecule has 0 amide bonds. The minimum atomic E-state index is -1.30. The maximum Gasteiger partial charge on any atom is 0.341 e. The number of nitrogens with zero attached hydrogens (tertiary/aromatic N) is 2. The Balaban J connectivity index is 2.71. The summed E-state index contributed by atoms with van der Waals surface area (Å²) in [5, 5.41) is 9.10. The monoisotopic (exact) mass is 276 g/mol. The van der Waals surface area contributed by atoms with Crippen LogP contribution in [0.15, 0.2) is 41.3 Å². The van der Waals surface area contributed by atoms with Crippen LogP contribution in [0.4, 0.5) is 10.1 Å². The first-order chi connectivity index (χ1) is 9.40. The molecule has 1 heterocycles. The normalized spacial score (nSPS) is 10.3. The molecule has 6 heteroatoms. The number of hydrogen-bond acceptors (Lipinski definition) is 3. The summed E-state index contributed by atoms with van der Waals surface area (Å²) in [6.07, 6.45) is 1.52. The lowest BCUT2D eigenvalue weighted by molar-refractivity contribution is 0.0694. The number of aromatic carboxylic acids is 1. The highest BCUT2D eigenvalue weighted by Gasteiger charge is 2.15. The van der Waals surface area contributed by atoms with Gasteiger partial charge in [-0.25, -0.2) is 9.18 Å². The van der Waals surface area contributed by atoms with Gasteiger partial charge in [-0.2, -0.15) is 0 Å². The van der Waals surface area contributed by atoms with Crippen molar-refractivity contribution in [2.24, 2.45) is 0 Å². The predicted octanol–water partition coefficient (Wildman–Crippen LogP) is 1.74. The summed E-state index contributed by atoms with van der Waals surface area (Å²) in [6, 6.07) is 6.57. The molecule has 0 fully saturated rings. The third-order valence-corrected chi connectivity index (χ3v) is 2.85. The molecule has 0 atom stereocenters. The number of carboxylic acids is 1. The van der Waals surface area contributed by atoms with Crippen LogP contribution in [0.25, 0.3) is 5.69 Å². The second kappa shape index (κ2) is 5.16. The van der Waals surface area contributed by atoms with E-state index in [1.807, 2.05) is 0 Å². The number of rotatable bonds is 3. The van der Waals surface area contributed by atoms with Crippen LogP contribution in [0.3, 0.4) is 0 Å². The molecule has 0 spiro atoms. The molecule has 0 saturated heterocycles. The maximum absolute atomic E-state index is 12.9. The van der Waals surface area contributed by atoms with E-state index in [-0.39, 0.29) is 5.56 Å². The summed E-state index contributed by atoms with van der Waals surface area (Å²) in [7, 11) is 3.47. The Morgan fingerprint density at radius 2 is 1.85 bits per heavy atom. The zero-order chi connectivity index (χ0) is 14.9. The van der Waals surface area contributed by atoms with Crippen LogP contribution in [-0.2, 0) is 0 Å². The number of anilines is 1. The zero-order valence-electron chi connectivity index (χ0n) is 11.0. The molecule has 0 aliphatic heterocycles. The number of aromatic nitrogens is 1. The molecule has 0 radical (unpaired) electrons. The fourth-order valence-corrected chi connectivity index (χ4v) is 1.76. The van der Waals surface area contributed by atoms with Crippen LogP contribution >= 0.6 is 0 Å². The van der Waals surface area contributed by atoms with Crippen LogP contribution in [0.1, 0.15) is 10.4 Å². The van der Waals surface area contributed by atoms with Gasteiger partial charge in [-0.05, 0) is 30.3 Å². The van der Waals surface area contributed by atoms with E-state index in [1.54, 1.807) is 19.0 Å². The number of carboxylic acid groups (broad SMARTS) is 1. The Morgan fingerprint density at radius 3 is 2.35 bits per heavy atom. The first-order valence-corrected chi connectivity index (χ1v) is 5.83. The lowest BCUT2D eigenvalue weighted by Crippen LogP contribution is -2.26. The fraction of sp³-hybridized carbons (Fsp3) is 0.143. The summed E-state index contributed by atoms with van der Waals surface area (Å²) >= 11 is 0. The Hall–Kier alpha value is -2.63. The quantitative estimate of drug-likeness (QED) is 0.927. The van der Waals surface area contributed by atoms with E-state index in [0.29, 0.717) is 11.4 Å². The van der Waals surface area contributed by atoms with Crippen molar-refractivity contribution in [3.8, 4) is 5.69 Å². The first kappa shape index (κ1) is 13.8. The largest absolute Gasteiger partial charge is 0.477 e. The van der Waals surface area contributed by atoms with E-state index in [2.05, 4.69) is 0 Å². The summed E-state index contributed by atoms with van der Waals surface area (Å²) in [5.41, 5.74) is -0.0239. The molecule has 1 aromatic heterocycles. The maximum atomic E-state index is 12.9. The molecule has 104 valence electrons. The van der Waals surface area contributed by atoms with E-state index >= 15 is 0 Å². The number of halogens is 1. The van der Waals surface area contributed by atoms with Crippen LogP contribution in [0.5, 0.6) is 0 Å². The average Bonchev–Trinajstić information content (AvgIpc) is 2.39. The van der Waals surface area contributed by atoms with Gasteiger partial charge in [-0.15, -0.1) is 0 Å².